The van der Waals surface area contributed by atoms with E-state index in [-0.39, 0.29) is 0 Å². The molecule has 0 radical (unpaired) electrons. The largest absolute Gasteiger partial charge is 0.339 e. The maximum Gasteiger partial charge on any atom is 0.105 e. The predicted molar refractivity (Wildman–Crippen MR) is 110 cm³/mol. The van der Waals surface area contributed by atoms with Gasteiger partial charge in [0.1, 0.15) is 18.8 Å². The lowest BCUT2D eigenvalue weighted by molar-refractivity contribution is -0.686. The molecule has 1 aromatic heterocycles. The van der Waals surface area contributed by atoms with Gasteiger partial charge >= 0.3 is 0 Å². The number of aromatic nitrogens is 2. The summed E-state index contributed by atoms with van der Waals surface area (Å²) in [7, 11) is 0. The lowest BCUT2D eigenvalue weighted by atomic mass is 10.1. The number of para-hydroxylation sites is 1. The molecule has 1 heterocycles. The van der Waals surface area contributed by atoms with Gasteiger partial charge in [-0.25, -0.2) is 4.68 Å². The normalized spacial score (nSPS) is 10.9. The van der Waals surface area contributed by atoms with Crippen LogP contribution in [0, 0.1) is 0 Å². The Morgan fingerprint density at radius 3 is 2.15 bits per heavy atom. The summed E-state index contributed by atoms with van der Waals surface area (Å²) in [6.45, 7) is 1.80. The molecule has 0 amide bonds. The van der Waals surface area contributed by atoms with Crippen LogP contribution in [0.4, 0.5) is 0 Å². The molecule has 0 saturated heterocycles. The molecule has 3 aromatic carbocycles. The minimum atomic E-state index is 0.735. The van der Waals surface area contributed by atoms with Crippen LogP contribution in [0.1, 0.15) is 11.1 Å². The summed E-state index contributed by atoms with van der Waals surface area (Å²) in [4.78, 5) is 0. The van der Waals surface area contributed by atoms with Crippen molar-refractivity contribution >= 4 is 11.6 Å². The fourth-order valence-electron chi connectivity index (χ4n) is 3.13. The minimum Gasteiger partial charge on any atom is -0.339 e. The molecule has 27 heavy (non-hydrogen) atoms. The highest BCUT2D eigenvalue weighted by atomic mass is 35.5. The zero-order valence-electron chi connectivity index (χ0n) is 14.9. The topological polar surface area (TPSA) is 34.4 Å². The molecule has 134 valence electrons. The van der Waals surface area contributed by atoms with E-state index in [0.29, 0.717) is 0 Å². The SMILES string of the molecule is Clc1ccc(-c2nn(-c3ccccc3)cc2C[NH2+]Cc2ccccc2)cc1. The maximum absolute atomic E-state index is 6.06. The molecule has 4 aromatic rings. The van der Waals surface area contributed by atoms with Gasteiger partial charge in [0.05, 0.1) is 11.3 Å². The molecule has 4 heteroatoms. The van der Waals surface area contributed by atoms with Crippen molar-refractivity contribution in [1.29, 1.82) is 0 Å². The molecule has 0 fully saturated rings. The Morgan fingerprint density at radius 1 is 0.778 bits per heavy atom. The first-order valence-corrected chi connectivity index (χ1v) is 9.43. The third-order valence-corrected chi connectivity index (χ3v) is 4.77. The molecule has 0 aliphatic heterocycles. The van der Waals surface area contributed by atoms with Gasteiger partial charge in [0.25, 0.3) is 0 Å². The van der Waals surface area contributed by atoms with Crippen molar-refractivity contribution in [3.8, 4) is 16.9 Å². The van der Waals surface area contributed by atoms with Crippen LogP contribution in [0.15, 0.2) is 91.1 Å². The summed E-state index contributed by atoms with van der Waals surface area (Å²) < 4.78 is 1.95. The van der Waals surface area contributed by atoms with E-state index >= 15 is 0 Å². The van der Waals surface area contributed by atoms with Gasteiger partial charge in [0.15, 0.2) is 0 Å². The molecule has 0 unspecified atom stereocenters. The summed E-state index contributed by atoms with van der Waals surface area (Å²) in [5.41, 5.74) is 5.66. The summed E-state index contributed by atoms with van der Waals surface area (Å²) in [6, 6.07) is 28.6. The first-order valence-electron chi connectivity index (χ1n) is 9.05. The lowest BCUT2D eigenvalue weighted by Crippen LogP contribution is -2.80. The van der Waals surface area contributed by atoms with Crippen LogP contribution in [0.25, 0.3) is 16.9 Å². The summed E-state index contributed by atoms with van der Waals surface area (Å²) in [6.07, 6.45) is 2.13. The quantitative estimate of drug-likeness (QED) is 0.531. The Balaban J connectivity index is 1.61. The Labute approximate surface area is 164 Å². The van der Waals surface area contributed by atoms with E-state index in [2.05, 4.69) is 47.9 Å². The first-order chi connectivity index (χ1) is 13.3. The van der Waals surface area contributed by atoms with Crippen molar-refractivity contribution < 1.29 is 5.32 Å². The summed E-state index contributed by atoms with van der Waals surface area (Å²) in [5, 5.41) is 7.90. The number of hydrogen-bond acceptors (Lipinski definition) is 1. The van der Waals surface area contributed by atoms with E-state index in [0.717, 1.165) is 35.1 Å². The predicted octanol–water partition coefficient (Wildman–Crippen LogP) is 4.46. The molecule has 0 bridgehead atoms. The molecule has 0 atom stereocenters. The highest BCUT2D eigenvalue weighted by Crippen LogP contribution is 2.24. The number of nitrogens with two attached hydrogens (primary N) is 1. The number of rotatable bonds is 6. The van der Waals surface area contributed by atoms with Crippen LogP contribution in [-0.4, -0.2) is 9.78 Å². The summed E-state index contributed by atoms with van der Waals surface area (Å²) in [5.74, 6) is 0. The van der Waals surface area contributed by atoms with Crippen molar-refractivity contribution in [2.24, 2.45) is 0 Å². The van der Waals surface area contributed by atoms with Crippen molar-refractivity contribution in [1.82, 2.24) is 9.78 Å². The number of halogens is 1. The van der Waals surface area contributed by atoms with E-state index in [1.165, 1.54) is 11.1 Å². The van der Waals surface area contributed by atoms with Crippen LogP contribution in [0.3, 0.4) is 0 Å². The highest BCUT2D eigenvalue weighted by molar-refractivity contribution is 6.30. The monoisotopic (exact) mass is 374 g/mol. The van der Waals surface area contributed by atoms with Gasteiger partial charge in [-0.2, -0.15) is 5.10 Å². The van der Waals surface area contributed by atoms with Crippen molar-refractivity contribution in [3.63, 3.8) is 0 Å². The molecule has 0 spiro atoms. The second kappa shape index (κ2) is 8.21. The van der Waals surface area contributed by atoms with Gasteiger partial charge in [-0.1, -0.05) is 72.3 Å². The van der Waals surface area contributed by atoms with Crippen LogP contribution >= 0.6 is 11.6 Å². The van der Waals surface area contributed by atoms with Crippen LogP contribution in [0.2, 0.25) is 5.02 Å². The standard InChI is InChI=1S/C23H20ClN3/c24-21-13-11-19(12-14-21)23-20(16-25-15-18-7-3-1-4-8-18)17-27(26-23)22-9-5-2-6-10-22/h1-14,17,25H,15-16H2/p+1. The number of nitrogens with zero attached hydrogens (tertiary/aromatic N) is 2. The zero-order valence-corrected chi connectivity index (χ0v) is 15.7. The van der Waals surface area contributed by atoms with Crippen LogP contribution < -0.4 is 5.32 Å². The number of benzene rings is 3. The highest BCUT2D eigenvalue weighted by Gasteiger charge is 2.14. The van der Waals surface area contributed by atoms with E-state index < -0.39 is 0 Å². The van der Waals surface area contributed by atoms with Gasteiger partial charge in [-0.05, 0) is 24.3 Å². The van der Waals surface area contributed by atoms with Gasteiger partial charge in [-0.3, -0.25) is 0 Å². The van der Waals surface area contributed by atoms with E-state index in [9.17, 15) is 0 Å². The number of hydrogen-bond donors (Lipinski definition) is 1. The van der Waals surface area contributed by atoms with Gasteiger partial charge in [-0.15, -0.1) is 0 Å². The fourth-order valence-corrected chi connectivity index (χ4v) is 3.26. The van der Waals surface area contributed by atoms with Crippen molar-refractivity contribution in [2.75, 3.05) is 0 Å². The molecule has 0 aliphatic rings. The maximum atomic E-state index is 6.06. The van der Waals surface area contributed by atoms with E-state index in [1.54, 1.807) is 0 Å². The Bertz CT molecular complexity index is 993. The average molecular weight is 375 g/mol. The Hall–Kier alpha value is -2.88. The van der Waals surface area contributed by atoms with Gasteiger partial charge in [0.2, 0.25) is 0 Å². The van der Waals surface area contributed by atoms with Crippen molar-refractivity contribution in [2.45, 2.75) is 13.1 Å². The van der Waals surface area contributed by atoms with Crippen molar-refractivity contribution in [3.05, 3.63) is 107 Å². The minimum absolute atomic E-state index is 0.735. The Kier molecular flexibility index (Phi) is 5.33. The third kappa shape index (κ3) is 4.27. The molecular weight excluding hydrogens is 354 g/mol. The lowest BCUT2D eigenvalue weighted by Gasteiger charge is -2.03. The van der Waals surface area contributed by atoms with Crippen LogP contribution in [-0.2, 0) is 13.1 Å². The molecule has 0 aliphatic carbocycles. The molecule has 2 N–H and O–H groups in total. The Morgan fingerprint density at radius 2 is 1.44 bits per heavy atom. The molecule has 3 nitrogen and oxygen atoms in total. The van der Waals surface area contributed by atoms with E-state index in [4.69, 9.17) is 16.7 Å². The first kappa shape index (κ1) is 17.5. The second-order valence-electron chi connectivity index (χ2n) is 6.47. The molecular formula is C23H21ClN3+. The summed E-state index contributed by atoms with van der Waals surface area (Å²) >= 11 is 6.06. The smallest absolute Gasteiger partial charge is 0.105 e. The third-order valence-electron chi connectivity index (χ3n) is 4.52. The molecule has 0 saturated carbocycles. The van der Waals surface area contributed by atoms with E-state index in [1.807, 2.05) is 53.2 Å². The number of quaternary nitrogens is 1. The van der Waals surface area contributed by atoms with Crippen LogP contribution in [0.5, 0.6) is 0 Å². The fraction of sp³-hybridized carbons (Fsp3) is 0.0870. The average Bonchev–Trinajstić information content (AvgIpc) is 3.14. The van der Waals surface area contributed by atoms with Gasteiger partial charge < -0.3 is 5.32 Å². The van der Waals surface area contributed by atoms with Gasteiger partial charge in [0, 0.05) is 22.3 Å². The zero-order chi connectivity index (χ0) is 18.5. The molecule has 4 rings (SSSR count). The second-order valence-corrected chi connectivity index (χ2v) is 6.91.